The van der Waals surface area contributed by atoms with E-state index in [0.717, 1.165) is 12.0 Å². The highest BCUT2D eigenvalue weighted by atomic mass is 79.9. The van der Waals surface area contributed by atoms with Crippen LogP contribution >= 0.6 is 15.9 Å². The van der Waals surface area contributed by atoms with Crippen LogP contribution in [0.5, 0.6) is 5.75 Å². The molecule has 1 heterocycles. The first-order valence-corrected chi connectivity index (χ1v) is 10.0. The lowest BCUT2D eigenvalue weighted by molar-refractivity contribution is 0.0957. The smallest absolute Gasteiger partial charge is 0.265 e. The maximum Gasteiger partial charge on any atom is 0.265 e. The molecule has 0 saturated carbocycles. The molecule has 2 N–H and O–H groups in total. The predicted molar refractivity (Wildman–Crippen MR) is 98.6 cm³/mol. The first kappa shape index (κ1) is 17.8. The van der Waals surface area contributed by atoms with Gasteiger partial charge in [0.2, 0.25) is 0 Å². The van der Waals surface area contributed by atoms with Crippen molar-refractivity contribution in [3.63, 3.8) is 0 Å². The Balaban J connectivity index is 2.06. The van der Waals surface area contributed by atoms with Gasteiger partial charge in [-0.05, 0) is 36.2 Å². The summed E-state index contributed by atoms with van der Waals surface area (Å²) in [5, 5.41) is 2.67. The Morgan fingerprint density at radius 1 is 1.28 bits per heavy atom. The Morgan fingerprint density at radius 3 is 2.84 bits per heavy atom. The van der Waals surface area contributed by atoms with E-state index < -0.39 is 10.0 Å². The zero-order chi connectivity index (χ0) is 18.0. The molecule has 0 aromatic heterocycles. The summed E-state index contributed by atoms with van der Waals surface area (Å²) in [6.45, 7) is 2.51. The lowest BCUT2D eigenvalue weighted by Crippen LogP contribution is -2.24. The lowest BCUT2D eigenvalue weighted by atomic mass is 10.1. The zero-order valence-electron chi connectivity index (χ0n) is 13.5. The van der Waals surface area contributed by atoms with Crippen LogP contribution < -0.4 is 14.8 Å². The fourth-order valence-electron chi connectivity index (χ4n) is 2.56. The molecule has 1 aliphatic rings. The Hall–Kier alpha value is -2.06. The summed E-state index contributed by atoms with van der Waals surface area (Å²) >= 11 is 3.27. The standard InChI is InChI=1S/C17H17BrN2O4S/c1-2-11-4-3-5-13(8-11)20-25(22,23)15-10-12(18)9-14-16(15)24-7-6-19-17(14)21/h3-5,8-10,20H,2,6-7H2,1H3,(H,19,21). The van der Waals surface area contributed by atoms with Crippen molar-refractivity contribution in [1.82, 2.24) is 5.32 Å². The van der Waals surface area contributed by atoms with Crippen LogP contribution in [0.2, 0.25) is 0 Å². The fourth-order valence-corrected chi connectivity index (χ4v) is 4.42. The van der Waals surface area contributed by atoms with E-state index in [1.807, 2.05) is 13.0 Å². The van der Waals surface area contributed by atoms with Crippen molar-refractivity contribution in [1.29, 1.82) is 0 Å². The van der Waals surface area contributed by atoms with Crippen LogP contribution in [-0.2, 0) is 16.4 Å². The average Bonchev–Trinajstić information content (AvgIpc) is 2.76. The van der Waals surface area contributed by atoms with E-state index >= 15 is 0 Å². The summed E-state index contributed by atoms with van der Waals surface area (Å²) < 4.78 is 34.4. The molecule has 8 heteroatoms. The quantitative estimate of drug-likeness (QED) is 0.789. The van der Waals surface area contributed by atoms with Gasteiger partial charge in [0.15, 0.2) is 5.75 Å². The number of carbonyl (C=O) groups excluding carboxylic acids is 1. The van der Waals surface area contributed by atoms with Crippen LogP contribution in [0.3, 0.4) is 0 Å². The summed E-state index contributed by atoms with van der Waals surface area (Å²) in [6, 6.07) is 10.2. The van der Waals surface area contributed by atoms with Gasteiger partial charge in [0.25, 0.3) is 15.9 Å². The minimum Gasteiger partial charge on any atom is -0.489 e. The summed E-state index contributed by atoms with van der Waals surface area (Å²) in [4.78, 5) is 12.1. The first-order valence-electron chi connectivity index (χ1n) is 7.77. The molecule has 0 unspecified atom stereocenters. The molecule has 2 aromatic carbocycles. The number of hydrogen-bond acceptors (Lipinski definition) is 4. The van der Waals surface area contributed by atoms with Crippen molar-refractivity contribution in [3.05, 3.63) is 52.0 Å². The van der Waals surface area contributed by atoms with Crippen molar-refractivity contribution >= 4 is 37.5 Å². The molecule has 1 aliphatic heterocycles. The molecule has 1 amide bonds. The molecule has 132 valence electrons. The molecule has 0 atom stereocenters. The van der Waals surface area contributed by atoms with Gasteiger partial charge in [-0.15, -0.1) is 0 Å². The van der Waals surface area contributed by atoms with Gasteiger partial charge in [-0.2, -0.15) is 0 Å². The maximum absolute atomic E-state index is 12.9. The predicted octanol–water partition coefficient (Wildman–Crippen LogP) is 2.93. The molecule has 2 aromatic rings. The van der Waals surface area contributed by atoms with E-state index in [0.29, 0.717) is 16.7 Å². The van der Waals surface area contributed by atoms with Crippen LogP contribution in [0, 0.1) is 0 Å². The molecule has 25 heavy (non-hydrogen) atoms. The highest BCUT2D eigenvalue weighted by Crippen LogP contribution is 2.34. The number of aryl methyl sites for hydroxylation is 1. The first-order chi connectivity index (χ1) is 11.9. The largest absolute Gasteiger partial charge is 0.489 e. The van der Waals surface area contributed by atoms with Gasteiger partial charge >= 0.3 is 0 Å². The van der Waals surface area contributed by atoms with Crippen molar-refractivity contribution in [3.8, 4) is 5.75 Å². The minimum absolute atomic E-state index is 0.0670. The van der Waals surface area contributed by atoms with E-state index in [-0.39, 0.29) is 28.7 Å². The number of benzene rings is 2. The minimum atomic E-state index is -3.93. The van der Waals surface area contributed by atoms with Gasteiger partial charge in [0.1, 0.15) is 11.5 Å². The zero-order valence-corrected chi connectivity index (χ0v) is 15.9. The van der Waals surface area contributed by atoms with E-state index in [4.69, 9.17) is 4.74 Å². The van der Waals surface area contributed by atoms with Crippen molar-refractivity contribution in [2.45, 2.75) is 18.2 Å². The van der Waals surface area contributed by atoms with E-state index in [1.54, 1.807) is 24.3 Å². The van der Waals surface area contributed by atoms with Crippen LogP contribution in [0.1, 0.15) is 22.8 Å². The SMILES string of the molecule is CCc1cccc(NS(=O)(=O)c2cc(Br)cc3c2OCCNC3=O)c1. The molecular weight excluding hydrogens is 408 g/mol. The number of fused-ring (bicyclic) bond motifs is 1. The maximum atomic E-state index is 12.9. The fraction of sp³-hybridized carbons (Fsp3) is 0.235. The van der Waals surface area contributed by atoms with Crippen LogP contribution in [0.25, 0.3) is 0 Å². The molecule has 0 spiro atoms. The third-order valence-corrected chi connectivity index (χ3v) is 5.62. The van der Waals surface area contributed by atoms with E-state index in [2.05, 4.69) is 26.0 Å². The Kier molecular flexibility index (Phi) is 5.01. The molecule has 0 saturated heterocycles. The lowest BCUT2D eigenvalue weighted by Gasteiger charge is -2.15. The number of hydrogen-bond donors (Lipinski definition) is 2. The number of rotatable bonds is 4. The van der Waals surface area contributed by atoms with Gasteiger partial charge < -0.3 is 10.1 Å². The van der Waals surface area contributed by atoms with E-state index in [9.17, 15) is 13.2 Å². The van der Waals surface area contributed by atoms with Crippen LogP contribution in [0.4, 0.5) is 5.69 Å². The average molecular weight is 425 g/mol. The molecule has 0 bridgehead atoms. The van der Waals surface area contributed by atoms with Gasteiger partial charge in [-0.3, -0.25) is 9.52 Å². The van der Waals surface area contributed by atoms with Crippen LogP contribution in [0.15, 0.2) is 45.8 Å². The summed E-state index contributed by atoms with van der Waals surface area (Å²) in [5.41, 5.74) is 1.67. The summed E-state index contributed by atoms with van der Waals surface area (Å²) in [6.07, 6.45) is 0.797. The molecule has 0 aliphatic carbocycles. The molecular formula is C17H17BrN2O4S. The van der Waals surface area contributed by atoms with E-state index in [1.165, 1.54) is 6.07 Å². The number of ether oxygens (including phenoxy) is 1. The summed E-state index contributed by atoms with van der Waals surface area (Å²) in [7, 11) is -3.93. The number of nitrogens with one attached hydrogen (secondary N) is 2. The summed E-state index contributed by atoms with van der Waals surface area (Å²) in [5.74, 6) is -0.296. The van der Waals surface area contributed by atoms with Crippen molar-refractivity contribution < 1.29 is 17.9 Å². The number of sulfonamides is 1. The number of carbonyl (C=O) groups is 1. The van der Waals surface area contributed by atoms with Crippen LogP contribution in [-0.4, -0.2) is 27.5 Å². The normalized spacial score (nSPS) is 14.1. The molecule has 0 fully saturated rings. The highest BCUT2D eigenvalue weighted by Gasteiger charge is 2.28. The third-order valence-electron chi connectivity index (χ3n) is 3.78. The topological polar surface area (TPSA) is 84.5 Å². The van der Waals surface area contributed by atoms with Gasteiger partial charge in [-0.25, -0.2) is 8.42 Å². The number of anilines is 1. The van der Waals surface area contributed by atoms with Crippen molar-refractivity contribution in [2.24, 2.45) is 0 Å². The second kappa shape index (κ2) is 7.05. The number of halogens is 1. The third kappa shape index (κ3) is 3.80. The Labute approximate surface area is 154 Å². The number of amides is 1. The van der Waals surface area contributed by atoms with Gasteiger partial charge in [-0.1, -0.05) is 35.0 Å². The molecule has 6 nitrogen and oxygen atoms in total. The second-order valence-electron chi connectivity index (χ2n) is 5.54. The van der Waals surface area contributed by atoms with Crippen molar-refractivity contribution in [2.75, 3.05) is 17.9 Å². The van der Waals surface area contributed by atoms with Gasteiger partial charge in [0.05, 0.1) is 12.1 Å². The van der Waals surface area contributed by atoms with Gasteiger partial charge in [0, 0.05) is 10.2 Å². The Morgan fingerprint density at radius 2 is 2.08 bits per heavy atom. The highest BCUT2D eigenvalue weighted by molar-refractivity contribution is 9.10. The second-order valence-corrected chi connectivity index (χ2v) is 8.11. The Bertz CT molecular complexity index is 928. The monoisotopic (exact) mass is 424 g/mol. The molecule has 3 rings (SSSR count). The molecule has 0 radical (unpaired) electrons.